The van der Waals surface area contributed by atoms with Crippen molar-refractivity contribution in [3.05, 3.63) is 24.0 Å². The average molecular weight is 260 g/mol. The van der Waals surface area contributed by atoms with Gasteiger partial charge in [-0.15, -0.1) is 0 Å². The Hall–Kier alpha value is -0.880. The van der Waals surface area contributed by atoms with Gasteiger partial charge < -0.3 is 10.3 Å². The van der Waals surface area contributed by atoms with E-state index in [1.807, 2.05) is 6.92 Å². The highest BCUT2D eigenvalue weighted by molar-refractivity contribution is 7.91. The van der Waals surface area contributed by atoms with E-state index < -0.39 is 9.84 Å². The van der Waals surface area contributed by atoms with Gasteiger partial charge in [-0.3, -0.25) is 0 Å². The highest BCUT2D eigenvalue weighted by Crippen LogP contribution is 2.04. The molecule has 4 nitrogen and oxygen atoms in total. The van der Waals surface area contributed by atoms with Gasteiger partial charge in [-0.1, -0.05) is 19.1 Å². The van der Waals surface area contributed by atoms with Gasteiger partial charge in [0.25, 0.3) is 0 Å². The van der Waals surface area contributed by atoms with Gasteiger partial charge in [0.05, 0.1) is 11.4 Å². The molecule has 0 unspecified atom stereocenters. The Labute approximate surface area is 101 Å². The summed E-state index contributed by atoms with van der Waals surface area (Å²) in [6.07, 6.45) is 2.44. The van der Waals surface area contributed by atoms with Crippen molar-refractivity contribution in [1.29, 1.82) is 0 Å². The van der Waals surface area contributed by atoms with Crippen molar-refractivity contribution in [2.24, 2.45) is 5.73 Å². The highest BCUT2D eigenvalue weighted by Gasteiger charge is 2.11. The second-order valence-corrected chi connectivity index (χ2v) is 6.35. The standard InChI is InChI=1S/C10H16N2O2S2/c1-2-7-16(13,14)8-6-12-5-3-4-9(12)10(11)15/h3-5H,2,6-8H2,1H3,(H2,11,15). The van der Waals surface area contributed by atoms with E-state index in [2.05, 4.69) is 0 Å². The molecule has 16 heavy (non-hydrogen) atoms. The van der Waals surface area contributed by atoms with Crippen LogP contribution in [0.4, 0.5) is 0 Å². The number of aromatic nitrogens is 1. The van der Waals surface area contributed by atoms with Crippen LogP contribution in [-0.4, -0.2) is 29.5 Å². The molecule has 0 spiro atoms. The summed E-state index contributed by atoms with van der Waals surface area (Å²) in [6, 6.07) is 3.59. The number of rotatable bonds is 6. The quantitative estimate of drug-likeness (QED) is 0.773. The second-order valence-electron chi connectivity index (χ2n) is 3.60. The molecule has 2 N–H and O–H groups in total. The molecule has 1 rings (SSSR count). The maximum Gasteiger partial charge on any atom is 0.152 e. The first kappa shape index (κ1) is 13.2. The minimum atomic E-state index is -2.96. The number of hydrogen-bond donors (Lipinski definition) is 1. The lowest BCUT2D eigenvalue weighted by atomic mass is 10.4. The van der Waals surface area contributed by atoms with Gasteiger partial charge in [-0.2, -0.15) is 0 Å². The molecular weight excluding hydrogens is 244 g/mol. The van der Waals surface area contributed by atoms with Crippen molar-refractivity contribution in [1.82, 2.24) is 4.57 Å². The van der Waals surface area contributed by atoms with Crippen molar-refractivity contribution in [3.63, 3.8) is 0 Å². The molecule has 0 saturated carbocycles. The summed E-state index contributed by atoms with van der Waals surface area (Å²) in [5, 5.41) is 0. The van der Waals surface area contributed by atoms with Crippen LogP contribution in [0.2, 0.25) is 0 Å². The molecule has 1 aromatic heterocycles. The van der Waals surface area contributed by atoms with Gasteiger partial charge in [-0.05, 0) is 18.6 Å². The van der Waals surface area contributed by atoms with Crippen LogP contribution in [0.15, 0.2) is 18.3 Å². The fourth-order valence-electron chi connectivity index (χ4n) is 1.48. The second kappa shape index (κ2) is 5.45. The van der Waals surface area contributed by atoms with Crippen molar-refractivity contribution < 1.29 is 8.42 Å². The van der Waals surface area contributed by atoms with Crippen LogP contribution in [0, 0.1) is 0 Å². The zero-order chi connectivity index (χ0) is 12.2. The first-order valence-electron chi connectivity index (χ1n) is 5.11. The summed E-state index contributed by atoms with van der Waals surface area (Å²) in [7, 11) is -2.96. The van der Waals surface area contributed by atoms with Gasteiger partial charge in [-0.25, -0.2) is 8.42 Å². The summed E-state index contributed by atoms with van der Waals surface area (Å²) >= 11 is 4.87. The molecule has 0 fully saturated rings. The lowest BCUT2D eigenvalue weighted by Gasteiger charge is -2.08. The van der Waals surface area contributed by atoms with Crippen molar-refractivity contribution in [2.75, 3.05) is 11.5 Å². The molecule has 0 bridgehead atoms. The molecule has 0 atom stereocenters. The predicted octanol–water partition coefficient (Wildman–Crippen LogP) is 0.947. The van der Waals surface area contributed by atoms with E-state index in [0.717, 1.165) is 0 Å². The fourth-order valence-corrected chi connectivity index (χ4v) is 2.97. The SMILES string of the molecule is CCCS(=O)(=O)CCn1cccc1C(N)=S. The van der Waals surface area contributed by atoms with Crippen LogP contribution in [0.3, 0.4) is 0 Å². The van der Waals surface area contributed by atoms with E-state index in [9.17, 15) is 8.42 Å². The zero-order valence-corrected chi connectivity index (χ0v) is 10.9. The maximum atomic E-state index is 11.5. The molecular formula is C10H16N2O2S2. The first-order valence-corrected chi connectivity index (χ1v) is 7.34. The fraction of sp³-hybridized carbons (Fsp3) is 0.500. The Morgan fingerprint density at radius 3 is 2.75 bits per heavy atom. The monoisotopic (exact) mass is 260 g/mol. The van der Waals surface area contributed by atoms with Crippen molar-refractivity contribution in [2.45, 2.75) is 19.9 Å². The molecule has 0 aliphatic rings. The Bertz CT molecular complexity index is 463. The molecule has 1 aromatic rings. The van der Waals surface area contributed by atoms with E-state index in [4.69, 9.17) is 18.0 Å². The number of sulfone groups is 1. The van der Waals surface area contributed by atoms with Gasteiger partial charge in [0, 0.05) is 18.5 Å². The topological polar surface area (TPSA) is 65.1 Å². The third kappa shape index (κ3) is 3.61. The van der Waals surface area contributed by atoms with Crippen LogP contribution in [0.25, 0.3) is 0 Å². The Kier molecular flexibility index (Phi) is 4.49. The smallest absolute Gasteiger partial charge is 0.152 e. The molecule has 6 heteroatoms. The summed E-state index contributed by atoms with van der Waals surface area (Å²) in [5.74, 6) is 0.363. The molecule has 0 radical (unpaired) electrons. The predicted molar refractivity (Wildman–Crippen MR) is 69.3 cm³/mol. The van der Waals surface area contributed by atoms with Crippen LogP contribution in [0.5, 0.6) is 0 Å². The van der Waals surface area contributed by atoms with E-state index in [1.165, 1.54) is 0 Å². The van der Waals surface area contributed by atoms with Crippen molar-refractivity contribution in [3.8, 4) is 0 Å². The van der Waals surface area contributed by atoms with E-state index in [1.54, 1.807) is 22.9 Å². The van der Waals surface area contributed by atoms with E-state index in [0.29, 0.717) is 18.7 Å². The van der Waals surface area contributed by atoms with Crippen LogP contribution >= 0.6 is 12.2 Å². The molecule has 90 valence electrons. The average Bonchev–Trinajstić information content (AvgIpc) is 2.62. The Morgan fingerprint density at radius 2 is 2.19 bits per heavy atom. The van der Waals surface area contributed by atoms with Gasteiger partial charge >= 0.3 is 0 Å². The number of nitrogens with two attached hydrogens (primary N) is 1. The summed E-state index contributed by atoms with van der Waals surface area (Å²) in [6.45, 7) is 2.26. The molecule has 0 saturated heterocycles. The third-order valence-corrected chi connectivity index (χ3v) is 4.28. The normalized spacial score (nSPS) is 11.6. The third-order valence-electron chi connectivity index (χ3n) is 2.24. The van der Waals surface area contributed by atoms with Crippen LogP contribution in [-0.2, 0) is 16.4 Å². The largest absolute Gasteiger partial charge is 0.388 e. The van der Waals surface area contributed by atoms with Gasteiger partial charge in [0.2, 0.25) is 0 Å². The molecule has 0 amide bonds. The minimum absolute atomic E-state index is 0.130. The highest BCUT2D eigenvalue weighted by atomic mass is 32.2. The van der Waals surface area contributed by atoms with Gasteiger partial charge in [0.15, 0.2) is 9.84 Å². The van der Waals surface area contributed by atoms with Crippen molar-refractivity contribution >= 4 is 27.0 Å². The molecule has 0 aliphatic carbocycles. The number of hydrogen-bond acceptors (Lipinski definition) is 3. The number of nitrogens with zero attached hydrogens (tertiary/aromatic N) is 1. The lowest BCUT2D eigenvalue weighted by Crippen LogP contribution is -2.20. The Balaban J connectivity index is 2.68. The van der Waals surface area contributed by atoms with E-state index in [-0.39, 0.29) is 16.5 Å². The molecule has 0 aliphatic heterocycles. The number of aryl methyl sites for hydroxylation is 1. The molecule has 1 heterocycles. The summed E-state index contributed by atoms with van der Waals surface area (Å²) in [4.78, 5) is 0.290. The first-order chi connectivity index (χ1) is 7.46. The molecule has 0 aromatic carbocycles. The van der Waals surface area contributed by atoms with Crippen LogP contribution < -0.4 is 5.73 Å². The summed E-state index contributed by atoms with van der Waals surface area (Å²) in [5.41, 5.74) is 6.23. The van der Waals surface area contributed by atoms with Crippen LogP contribution in [0.1, 0.15) is 19.0 Å². The summed E-state index contributed by atoms with van der Waals surface area (Å²) < 4.78 is 24.8. The van der Waals surface area contributed by atoms with Gasteiger partial charge in [0.1, 0.15) is 4.99 Å². The number of thiocarbonyl (C=S) groups is 1. The minimum Gasteiger partial charge on any atom is -0.388 e. The van der Waals surface area contributed by atoms with E-state index >= 15 is 0 Å². The lowest BCUT2D eigenvalue weighted by molar-refractivity contribution is 0.587. The maximum absolute atomic E-state index is 11.5. The Morgan fingerprint density at radius 1 is 1.50 bits per heavy atom. The zero-order valence-electron chi connectivity index (χ0n) is 9.22.